The topological polar surface area (TPSA) is 47.3 Å². The van der Waals surface area contributed by atoms with Crippen LogP contribution in [0.25, 0.3) is 0 Å². The average Bonchev–Trinajstić information content (AvgIpc) is 2.65. The Morgan fingerprint density at radius 3 is 2.55 bits per heavy atom. The van der Waals surface area contributed by atoms with Crippen molar-refractivity contribution >= 4 is 0 Å². The van der Waals surface area contributed by atoms with Gasteiger partial charge in [-0.15, -0.1) is 13.2 Å². The molecule has 0 radical (unpaired) electrons. The van der Waals surface area contributed by atoms with E-state index in [1.54, 1.807) is 20.0 Å². The summed E-state index contributed by atoms with van der Waals surface area (Å²) in [5.41, 5.74) is 1.51. The Kier molecular flexibility index (Phi) is 3.71. The van der Waals surface area contributed by atoms with E-state index in [4.69, 9.17) is 0 Å². The number of aromatic nitrogens is 2. The molecule has 0 saturated heterocycles. The van der Waals surface area contributed by atoms with Crippen molar-refractivity contribution < 1.29 is 23.0 Å². The molecule has 108 valence electrons. The molecule has 20 heavy (non-hydrogen) atoms. The first-order valence-electron chi connectivity index (χ1n) is 5.80. The zero-order valence-corrected chi connectivity index (χ0v) is 10.8. The quantitative estimate of drug-likeness (QED) is 0.943. The minimum Gasteiger partial charge on any atom is -0.406 e. The van der Waals surface area contributed by atoms with Crippen LogP contribution in [0.5, 0.6) is 5.75 Å². The number of alkyl halides is 3. The molecule has 0 amide bonds. The molecule has 1 aromatic heterocycles. The van der Waals surface area contributed by atoms with E-state index in [2.05, 4.69) is 9.84 Å². The second-order valence-corrected chi connectivity index (χ2v) is 4.36. The normalized spacial score (nSPS) is 13.3. The van der Waals surface area contributed by atoms with Gasteiger partial charge in [-0.05, 0) is 30.7 Å². The number of aryl methyl sites for hydroxylation is 2. The molecule has 0 bridgehead atoms. The van der Waals surface area contributed by atoms with E-state index in [1.165, 1.54) is 22.9 Å². The molecule has 0 aliphatic heterocycles. The van der Waals surface area contributed by atoms with Gasteiger partial charge in [0, 0.05) is 7.05 Å². The molecule has 1 atom stereocenters. The van der Waals surface area contributed by atoms with E-state index >= 15 is 0 Å². The molecule has 1 N–H and O–H groups in total. The number of ether oxygens (including phenoxy) is 1. The second-order valence-electron chi connectivity index (χ2n) is 4.36. The van der Waals surface area contributed by atoms with Crippen LogP contribution < -0.4 is 4.74 Å². The Morgan fingerprint density at radius 2 is 2.00 bits per heavy atom. The van der Waals surface area contributed by atoms with Gasteiger partial charge in [0.2, 0.25) is 0 Å². The molecule has 0 spiro atoms. The number of benzene rings is 1. The fourth-order valence-corrected chi connectivity index (χ4v) is 1.94. The Hall–Kier alpha value is -2.02. The number of hydrogen-bond donors (Lipinski definition) is 1. The summed E-state index contributed by atoms with van der Waals surface area (Å²) >= 11 is 0. The Labute approximate surface area is 113 Å². The molecular weight excluding hydrogens is 273 g/mol. The number of halogens is 3. The van der Waals surface area contributed by atoms with E-state index in [0.717, 1.165) is 6.07 Å². The maximum atomic E-state index is 12.2. The number of aliphatic hydroxyl groups excluding tert-OH is 1. The first-order valence-corrected chi connectivity index (χ1v) is 5.80. The highest BCUT2D eigenvalue weighted by molar-refractivity contribution is 5.34. The van der Waals surface area contributed by atoms with Crippen molar-refractivity contribution in [1.82, 2.24) is 9.78 Å². The van der Waals surface area contributed by atoms with Gasteiger partial charge in [-0.1, -0.05) is 12.1 Å². The largest absolute Gasteiger partial charge is 0.573 e. The lowest BCUT2D eigenvalue weighted by molar-refractivity contribution is -0.274. The van der Waals surface area contributed by atoms with Gasteiger partial charge in [-0.3, -0.25) is 4.68 Å². The molecule has 0 fully saturated rings. The van der Waals surface area contributed by atoms with E-state index in [9.17, 15) is 18.3 Å². The standard InChI is InChI=1S/C13H13F3N2O2/c1-8-6-11(18(2)17-8)12(19)9-4-3-5-10(7-9)20-13(14,15)16/h3-7,12,19H,1-2H3. The third-order valence-corrected chi connectivity index (χ3v) is 2.73. The van der Waals surface area contributed by atoms with E-state index < -0.39 is 12.5 Å². The number of nitrogens with zero attached hydrogens (tertiary/aromatic N) is 2. The molecule has 2 aromatic rings. The first-order chi connectivity index (χ1) is 9.26. The van der Waals surface area contributed by atoms with Crippen LogP contribution in [0.15, 0.2) is 30.3 Å². The van der Waals surface area contributed by atoms with E-state index in [1.807, 2.05) is 0 Å². The van der Waals surface area contributed by atoms with Crippen molar-refractivity contribution in [2.45, 2.75) is 19.4 Å². The van der Waals surface area contributed by atoms with Crippen LogP contribution in [0.2, 0.25) is 0 Å². The van der Waals surface area contributed by atoms with Gasteiger partial charge in [0.1, 0.15) is 11.9 Å². The molecule has 1 heterocycles. The van der Waals surface area contributed by atoms with Crippen LogP contribution in [0.1, 0.15) is 23.1 Å². The van der Waals surface area contributed by atoms with Crippen LogP contribution >= 0.6 is 0 Å². The monoisotopic (exact) mass is 286 g/mol. The van der Waals surface area contributed by atoms with Crippen molar-refractivity contribution in [2.75, 3.05) is 0 Å². The van der Waals surface area contributed by atoms with Gasteiger partial charge in [0.15, 0.2) is 0 Å². The summed E-state index contributed by atoms with van der Waals surface area (Å²) in [5.74, 6) is -0.368. The summed E-state index contributed by atoms with van der Waals surface area (Å²) < 4.78 is 41.8. The summed E-state index contributed by atoms with van der Waals surface area (Å²) in [4.78, 5) is 0. The van der Waals surface area contributed by atoms with Gasteiger partial charge in [0.25, 0.3) is 0 Å². The number of hydrogen-bond acceptors (Lipinski definition) is 3. The maximum Gasteiger partial charge on any atom is 0.573 e. The molecule has 1 aromatic carbocycles. The molecule has 7 heteroatoms. The van der Waals surface area contributed by atoms with Crippen LogP contribution in [-0.4, -0.2) is 21.2 Å². The molecule has 0 saturated carbocycles. The molecule has 4 nitrogen and oxygen atoms in total. The zero-order chi connectivity index (χ0) is 14.9. The SMILES string of the molecule is Cc1cc(C(O)c2cccc(OC(F)(F)F)c2)n(C)n1. The van der Waals surface area contributed by atoms with Crippen molar-refractivity contribution in [3.63, 3.8) is 0 Å². The lowest BCUT2D eigenvalue weighted by Crippen LogP contribution is -2.17. The molecule has 1 unspecified atom stereocenters. The predicted octanol–water partition coefficient (Wildman–Crippen LogP) is 2.71. The highest BCUT2D eigenvalue weighted by Crippen LogP contribution is 2.28. The minimum atomic E-state index is -4.76. The van der Waals surface area contributed by atoms with Gasteiger partial charge in [-0.2, -0.15) is 5.10 Å². The Morgan fingerprint density at radius 1 is 1.30 bits per heavy atom. The van der Waals surface area contributed by atoms with Crippen molar-refractivity contribution in [1.29, 1.82) is 0 Å². The molecule has 2 rings (SSSR count). The summed E-state index contributed by atoms with van der Waals surface area (Å²) in [6.45, 7) is 1.76. The van der Waals surface area contributed by atoms with Gasteiger partial charge in [0.05, 0.1) is 11.4 Å². The third kappa shape index (κ3) is 3.30. The molecule has 0 aliphatic rings. The lowest BCUT2D eigenvalue weighted by atomic mass is 10.1. The average molecular weight is 286 g/mol. The van der Waals surface area contributed by atoms with Gasteiger partial charge in [-0.25, -0.2) is 0 Å². The van der Waals surface area contributed by atoms with Gasteiger partial charge < -0.3 is 9.84 Å². The number of aliphatic hydroxyl groups is 1. The van der Waals surface area contributed by atoms with Crippen molar-refractivity contribution in [3.05, 3.63) is 47.3 Å². The van der Waals surface area contributed by atoms with Crippen molar-refractivity contribution in [2.24, 2.45) is 7.05 Å². The van der Waals surface area contributed by atoms with Gasteiger partial charge >= 0.3 is 6.36 Å². The van der Waals surface area contributed by atoms with Crippen LogP contribution in [0.3, 0.4) is 0 Å². The fourth-order valence-electron chi connectivity index (χ4n) is 1.94. The molecular formula is C13H13F3N2O2. The minimum absolute atomic E-state index is 0.301. The van der Waals surface area contributed by atoms with Crippen LogP contribution in [-0.2, 0) is 7.05 Å². The van der Waals surface area contributed by atoms with E-state index in [0.29, 0.717) is 17.0 Å². The maximum absolute atomic E-state index is 12.2. The highest BCUT2D eigenvalue weighted by Gasteiger charge is 2.31. The Bertz CT molecular complexity index is 608. The summed E-state index contributed by atoms with van der Waals surface area (Å²) in [7, 11) is 1.65. The zero-order valence-electron chi connectivity index (χ0n) is 10.8. The lowest BCUT2D eigenvalue weighted by Gasteiger charge is -2.14. The number of rotatable bonds is 3. The highest BCUT2D eigenvalue weighted by atomic mass is 19.4. The second kappa shape index (κ2) is 5.16. The predicted molar refractivity (Wildman–Crippen MR) is 65.1 cm³/mol. The van der Waals surface area contributed by atoms with E-state index in [-0.39, 0.29) is 5.75 Å². The summed E-state index contributed by atoms with van der Waals surface area (Å²) in [6, 6.07) is 6.92. The van der Waals surface area contributed by atoms with Crippen LogP contribution in [0, 0.1) is 6.92 Å². The third-order valence-electron chi connectivity index (χ3n) is 2.73. The smallest absolute Gasteiger partial charge is 0.406 e. The summed E-state index contributed by atoms with van der Waals surface area (Å²) in [6.07, 6.45) is -5.83. The van der Waals surface area contributed by atoms with Crippen LogP contribution in [0.4, 0.5) is 13.2 Å². The Balaban J connectivity index is 2.29. The molecule has 0 aliphatic carbocycles. The fraction of sp³-hybridized carbons (Fsp3) is 0.308. The first kappa shape index (κ1) is 14.4. The summed E-state index contributed by atoms with van der Waals surface area (Å²) in [5, 5.41) is 14.3. The van der Waals surface area contributed by atoms with Crippen molar-refractivity contribution in [3.8, 4) is 5.75 Å².